The van der Waals surface area contributed by atoms with Crippen LogP contribution in [0.3, 0.4) is 0 Å². The predicted octanol–water partition coefficient (Wildman–Crippen LogP) is 2.60. The van der Waals surface area contributed by atoms with Crippen LogP contribution < -0.4 is 0 Å². The van der Waals surface area contributed by atoms with E-state index < -0.39 is 0 Å². The van der Waals surface area contributed by atoms with E-state index in [0.29, 0.717) is 0 Å². The van der Waals surface area contributed by atoms with E-state index in [1.807, 2.05) is 20.8 Å². The van der Waals surface area contributed by atoms with E-state index in [9.17, 15) is 0 Å². The fourth-order valence-corrected chi connectivity index (χ4v) is 0.642. The van der Waals surface area contributed by atoms with Crippen LogP contribution in [0.25, 0.3) is 0 Å². The first kappa shape index (κ1) is 9.15. The van der Waals surface area contributed by atoms with Gasteiger partial charge in [0.25, 0.3) is 0 Å². The second kappa shape index (κ2) is 4.04. The zero-order valence-corrected chi connectivity index (χ0v) is 7.02. The largest absolute Gasteiger partial charge is 0.283 e. The lowest BCUT2D eigenvalue weighted by atomic mass is 10.1. The van der Waals surface area contributed by atoms with E-state index in [4.69, 9.17) is 0 Å². The van der Waals surface area contributed by atoms with Crippen molar-refractivity contribution in [1.29, 1.82) is 0 Å². The SMILES string of the molecule is C=CC(N=C(C)C)C(=C)C. The summed E-state index contributed by atoms with van der Waals surface area (Å²) in [6.45, 7) is 13.4. The number of hydrogen-bond acceptors (Lipinski definition) is 1. The lowest BCUT2D eigenvalue weighted by Crippen LogP contribution is -2.02. The summed E-state index contributed by atoms with van der Waals surface area (Å²) in [7, 11) is 0. The number of hydrogen-bond donors (Lipinski definition) is 0. The third kappa shape index (κ3) is 3.23. The van der Waals surface area contributed by atoms with E-state index >= 15 is 0 Å². The van der Waals surface area contributed by atoms with Crippen LogP contribution >= 0.6 is 0 Å². The van der Waals surface area contributed by atoms with Crippen LogP contribution in [0.2, 0.25) is 0 Å². The second-order valence-corrected chi connectivity index (χ2v) is 2.60. The van der Waals surface area contributed by atoms with Crippen molar-refractivity contribution < 1.29 is 0 Å². The fraction of sp³-hybridized carbons (Fsp3) is 0.444. The maximum absolute atomic E-state index is 4.29. The minimum Gasteiger partial charge on any atom is -0.283 e. The highest BCUT2D eigenvalue weighted by molar-refractivity contribution is 5.79. The second-order valence-electron chi connectivity index (χ2n) is 2.60. The van der Waals surface area contributed by atoms with Gasteiger partial charge in [0, 0.05) is 5.71 Å². The molecule has 1 atom stereocenters. The van der Waals surface area contributed by atoms with Gasteiger partial charge < -0.3 is 0 Å². The monoisotopic (exact) mass is 137 g/mol. The molecular formula is C9H15N. The van der Waals surface area contributed by atoms with Gasteiger partial charge >= 0.3 is 0 Å². The Morgan fingerprint density at radius 3 is 2.00 bits per heavy atom. The third-order valence-corrected chi connectivity index (χ3v) is 1.13. The van der Waals surface area contributed by atoms with Gasteiger partial charge in [0.15, 0.2) is 0 Å². The van der Waals surface area contributed by atoms with Crippen molar-refractivity contribution in [3.63, 3.8) is 0 Å². The van der Waals surface area contributed by atoms with Crippen molar-refractivity contribution in [2.75, 3.05) is 0 Å². The minimum absolute atomic E-state index is 0.102. The van der Waals surface area contributed by atoms with E-state index in [0.717, 1.165) is 11.3 Å². The van der Waals surface area contributed by atoms with Crippen molar-refractivity contribution in [1.82, 2.24) is 0 Å². The molecule has 0 amide bonds. The van der Waals surface area contributed by atoms with Crippen LogP contribution in [0.5, 0.6) is 0 Å². The predicted molar refractivity (Wildman–Crippen MR) is 47.6 cm³/mol. The molecular weight excluding hydrogens is 122 g/mol. The van der Waals surface area contributed by atoms with E-state index in [1.54, 1.807) is 6.08 Å². The molecule has 1 heteroatoms. The average molecular weight is 137 g/mol. The van der Waals surface area contributed by atoms with Crippen molar-refractivity contribution in [2.45, 2.75) is 26.8 Å². The van der Waals surface area contributed by atoms with Gasteiger partial charge in [-0.1, -0.05) is 18.2 Å². The quantitative estimate of drug-likeness (QED) is 0.419. The van der Waals surface area contributed by atoms with Gasteiger partial charge in [0.2, 0.25) is 0 Å². The molecule has 0 aromatic rings. The van der Waals surface area contributed by atoms with Crippen LogP contribution in [-0.4, -0.2) is 11.8 Å². The van der Waals surface area contributed by atoms with Gasteiger partial charge in [-0.3, -0.25) is 4.99 Å². The lowest BCUT2D eigenvalue weighted by Gasteiger charge is -2.05. The lowest BCUT2D eigenvalue weighted by molar-refractivity contribution is 0.954. The summed E-state index contributed by atoms with van der Waals surface area (Å²) in [6, 6.07) is 0.102. The Morgan fingerprint density at radius 1 is 1.40 bits per heavy atom. The molecule has 0 bridgehead atoms. The maximum Gasteiger partial charge on any atom is 0.0881 e. The van der Waals surface area contributed by atoms with Crippen LogP contribution in [-0.2, 0) is 0 Å². The van der Waals surface area contributed by atoms with Crippen LogP contribution in [0, 0.1) is 0 Å². The molecule has 0 fully saturated rings. The van der Waals surface area contributed by atoms with Crippen molar-refractivity contribution in [3.05, 3.63) is 24.8 Å². The Labute approximate surface area is 63.2 Å². The number of aliphatic imine (C=N–C) groups is 1. The summed E-state index contributed by atoms with van der Waals surface area (Å²) >= 11 is 0. The Hall–Kier alpha value is -0.850. The zero-order chi connectivity index (χ0) is 8.15. The summed E-state index contributed by atoms with van der Waals surface area (Å²) in [5, 5.41) is 0. The maximum atomic E-state index is 4.29. The summed E-state index contributed by atoms with van der Waals surface area (Å²) in [5.41, 5.74) is 2.10. The molecule has 1 unspecified atom stereocenters. The summed E-state index contributed by atoms with van der Waals surface area (Å²) in [6.07, 6.45) is 1.80. The molecule has 0 N–H and O–H groups in total. The highest BCUT2D eigenvalue weighted by Crippen LogP contribution is 2.04. The Balaban J connectivity index is 4.23. The molecule has 0 saturated carbocycles. The molecule has 0 radical (unpaired) electrons. The van der Waals surface area contributed by atoms with Crippen LogP contribution in [0.1, 0.15) is 20.8 Å². The molecule has 0 heterocycles. The van der Waals surface area contributed by atoms with Gasteiger partial charge in [-0.05, 0) is 20.8 Å². The topological polar surface area (TPSA) is 12.4 Å². The molecule has 0 aliphatic carbocycles. The number of rotatable bonds is 3. The van der Waals surface area contributed by atoms with Crippen molar-refractivity contribution in [2.24, 2.45) is 4.99 Å². The molecule has 56 valence electrons. The van der Waals surface area contributed by atoms with E-state index in [-0.39, 0.29) is 6.04 Å². The normalized spacial score (nSPS) is 11.9. The first-order chi connectivity index (χ1) is 4.57. The highest BCUT2D eigenvalue weighted by atomic mass is 14.8. The van der Waals surface area contributed by atoms with E-state index in [1.165, 1.54) is 0 Å². The summed E-state index contributed by atoms with van der Waals surface area (Å²) in [5.74, 6) is 0. The summed E-state index contributed by atoms with van der Waals surface area (Å²) < 4.78 is 0. The van der Waals surface area contributed by atoms with Gasteiger partial charge in [0.1, 0.15) is 0 Å². The molecule has 0 saturated heterocycles. The van der Waals surface area contributed by atoms with Crippen molar-refractivity contribution >= 4 is 5.71 Å². The van der Waals surface area contributed by atoms with Crippen LogP contribution in [0.15, 0.2) is 29.8 Å². The van der Waals surface area contributed by atoms with Gasteiger partial charge in [-0.15, -0.1) is 6.58 Å². The van der Waals surface area contributed by atoms with Gasteiger partial charge in [-0.25, -0.2) is 0 Å². The number of nitrogens with zero attached hydrogens (tertiary/aromatic N) is 1. The zero-order valence-electron chi connectivity index (χ0n) is 7.02. The van der Waals surface area contributed by atoms with E-state index in [2.05, 4.69) is 18.2 Å². The molecule has 0 spiro atoms. The Morgan fingerprint density at radius 2 is 1.90 bits per heavy atom. The molecule has 0 rings (SSSR count). The van der Waals surface area contributed by atoms with Crippen LogP contribution in [0.4, 0.5) is 0 Å². The average Bonchev–Trinajstić information content (AvgIpc) is 1.81. The standard InChI is InChI=1S/C9H15N/c1-6-9(7(2)3)10-8(4)5/h6,9H,1-2H2,3-5H3. The highest BCUT2D eigenvalue weighted by Gasteiger charge is 1.99. The first-order valence-corrected chi connectivity index (χ1v) is 3.37. The van der Waals surface area contributed by atoms with Gasteiger partial charge in [-0.2, -0.15) is 0 Å². The molecule has 0 aromatic heterocycles. The molecule has 0 aliphatic heterocycles. The van der Waals surface area contributed by atoms with Crippen molar-refractivity contribution in [3.8, 4) is 0 Å². The molecule has 0 aromatic carbocycles. The smallest absolute Gasteiger partial charge is 0.0881 e. The Bertz CT molecular complexity index is 162. The Kier molecular flexibility index (Phi) is 3.70. The third-order valence-electron chi connectivity index (χ3n) is 1.13. The summed E-state index contributed by atoms with van der Waals surface area (Å²) in [4.78, 5) is 4.29. The minimum atomic E-state index is 0.102. The molecule has 1 nitrogen and oxygen atoms in total. The molecule has 0 aliphatic rings. The fourth-order valence-electron chi connectivity index (χ4n) is 0.642. The first-order valence-electron chi connectivity index (χ1n) is 3.37. The molecule has 10 heavy (non-hydrogen) atoms. The van der Waals surface area contributed by atoms with Gasteiger partial charge in [0.05, 0.1) is 6.04 Å².